The minimum Gasteiger partial charge on any atom is -0.506 e. The van der Waals surface area contributed by atoms with Crippen molar-refractivity contribution in [1.29, 1.82) is 0 Å². The summed E-state index contributed by atoms with van der Waals surface area (Å²) in [5, 5.41) is 10.5. The largest absolute Gasteiger partial charge is 0.506 e. The van der Waals surface area contributed by atoms with E-state index in [1.807, 2.05) is 0 Å². The SMILES string of the molecule is NC1(c2cc3c(c(Br)c2O)CCCCC3)CCCC1. The average Bonchev–Trinajstić information content (AvgIpc) is 2.70. The molecule has 1 saturated carbocycles. The van der Waals surface area contributed by atoms with Crippen LogP contribution >= 0.6 is 15.9 Å². The monoisotopic (exact) mass is 323 g/mol. The van der Waals surface area contributed by atoms with Gasteiger partial charge in [-0.15, -0.1) is 0 Å². The van der Waals surface area contributed by atoms with E-state index in [2.05, 4.69) is 22.0 Å². The maximum atomic E-state index is 10.5. The first-order chi connectivity index (χ1) is 9.12. The zero-order valence-corrected chi connectivity index (χ0v) is 12.9. The van der Waals surface area contributed by atoms with Crippen molar-refractivity contribution in [3.8, 4) is 5.75 Å². The van der Waals surface area contributed by atoms with Gasteiger partial charge in [0.05, 0.1) is 4.47 Å². The number of hydrogen-bond acceptors (Lipinski definition) is 2. The topological polar surface area (TPSA) is 46.2 Å². The summed E-state index contributed by atoms with van der Waals surface area (Å²) in [4.78, 5) is 0. The van der Waals surface area contributed by atoms with E-state index >= 15 is 0 Å². The molecule has 0 bridgehead atoms. The normalized spacial score (nSPS) is 22.0. The van der Waals surface area contributed by atoms with Crippen LogP contribution in [0.1, 0.15) is 61.6 Å². The first-order valence-electron chi connectivity index (χ1n) is 7.44. The molecule has 104 valence electrons. The number of phenols is 1. The summed E-state index contributed by atoms with van der Waals surface area (Å²) in [6.07, 6.45) is 10.3. The lowest BCUT2D eigenvalue weighted by atomic mass is 9.85. The van der Waals surface area contributed by atoms with Gasteiger partial charge < -0.3 is 10.8 Å². The third-order valence-corrected chi connectivity index (χ3v) is 5.69. The Hall–Kier alpha value is -0.540. The van der Waals surface area contributed by atoms with Gasteiger partial charge in [0.15, 0.2) is 0 Å². The lowest BCUT2D eigenvalue weighted by molar-refractivity contribution is 0.406. The number of fused-ring (bicyclic) bond motifs is 1. The molecule has 2 aliphatic carbocycles. The van der Waals surface area contributed by atoms with E-state index in [1.165, 1.54) is 43.2 Å². The molecule has 2 aliphatic rings. The highest BCUT2D eigenvalue weighted by Gasteiger charge is 2.35. The fourth-order valence-electron chi connectivity index (χ4n) is 3.67. The first-order valence-corrected chi connectivity index (χ1v) is 8.24. The third kappa shape index (κ3) is 2.31. The minimum absolute atomic E-state index is 0.312. The molecule has 0 amide bonds. The molecule has 19 heavy (non-hydrogen) atoms. The molecule has 1 fully saturated rings. The summed E-state index contributed by atoms with van der Waals surface area (Å²) >= 11 is 3.62. The molecule has 0 spiro atoms. The van der Waals surface area contributed by atoms with E-state index in [0.717, 1.165) is 35.7 Å². The molecule has 0 atom stereocenters. The predicted octanol–water partition coefficient (Wildman–Crippen LogP) is 4.15. The van der Waals surface area contributed by atoms with Crippen LogP contribution in [-0.2, 0) is 18.4 Å². The lowest BCUT2D eigenvalue weighted by Crippen LogP contribution is -2.33. The van der Waals surface area contributed by atoms with Crippen LogP contribution in [0, 0.1) is 0 Å². The van der Waals surface area contributed by atoms with Crippen LogP contribution in [0.5, 0.6) is 5.75 Å². The molecule has 0 heterocycles. The molecular formula is C16H22BrNO. The second kappa shape index (κ2) is 5.10. The molecule has 3 N–H and O–H groups in total. The highest BCUT2D eigenvalue weighted by molar-refractivity contribution is 9.10. The molecule has 0 saturated heterocycles. The van der Waals surface area contributed by atoms with Gasteiger partial charge in [0, 0.05) is 11.1 Å². The van der Waals surface area contributed by atoms with Crippen molar-refractivity contribution in [3.63, 3.8) is 0 Å². The lowest BCUT2D eigenvalue weighted by Gasteiger charge is -2.27. The molecule has 1 aromatic rings. The fraction of sp³-hybridized carbons (Fsp3) is 0.625. The van der Waals surface area contributed by atoms with Gasteiger partial charge in [-0.1, -0.05) is 19.3 Å². The van der Waals surface area contributed by atoms with E-state index in [0.29, 0.717) is 5.75 Å². The van der Waals surface area contributed by atoms with E-state index in [1.54, 1.807) is 0 Å². The van der Waals surface area contributed by atoms with Crippen molar-refractivity contribution in [1.82, 2.24) is 0 Å². The molecule has 1 aromatic carbocycles. The van der Waals surface area contributed by atoms with Gasteiger partial charge in [0.1, 0.15) is 5.75 Å². The molecule has 0 aliphatic heterocycles. The Morgan fingerprint density at radius 3 is 2.47 bits per heavy atom. The average molecular weight is 324 g/mol. The smallest absolute Gasteiger partial charge is 0.135 e. The number of phenolic OH excluding ortho intramolecular Hbond substituents is 1. The number of aromatic hydroxyl groups is 1. The Kier molecular flexibility index (Phi) is 3.61. The van der Waals surface area contributed by atoms with E-state index in [-0.39, 0.29) is 5.54 Å². The van der Waals surface area contributed by atoms with Gasteiger partial charge in [0.25, 0.3) is 0 Å². The van der Waals surface area contributed by atoms with Crippen LogP contribution in [0.2, 0.25) is 0 Å². The molecule has 0 aromatic heterocycles. The van der Waals surface area contributed by atoms with Gasteiger partial charge >= 0.3 is 0 Å². The van der Waals surface area contributed by atoms with Crippen LogP contribution in [0.15, 0.2) is 10.5 Å². The van der Waals surface area contributed by atoms with Crippen molar-refractivity contribution in [2.45, 2.75) is 63.3 Å². The minimum atomic E-state index is -0.312. The maximum absolute atomic E-state index is 10.5. The number of hydrogen-bond donors (Lipinski definition) is 2. The second-order valence-electron chi connectivity index (χ2n) is 6.15. The van der Waals surface area contributed by atoms with Crippen molar-refractivity contribution < 1.29 is 5.11 Å². The summed E-state index contributed by atoms with van der Waals surface area (Å²) < 4.78 is 0.902. The summed E-state index contributed by atoms with van der Waals surface area (Å²) in [5.41, 5.74) is 9.90. The maximum Gasteiger partial charge on any atom is 0.135 e. The number of aryl methyl sites for hydroxylation is 1. The highest BCUT2D eigenvalue weighted by atomic mass is 79.9. The molecule has 3 heteroatoms. The van der Waals surface area contributed by atoms with Crippen LogP contribution in [0.25, 0.3) is 0 Å². The zero-order valence-electron chi connectivity index (χ0n) is 11.3. The van der Waals surface area contributed by atoms with Crippen LogP contribution in [-0.4, -0.2) is 5.11 Å². The van der Waals surface area contributed by atoms with Gasteiger partial charge in [-0.3, -0.25) is 0 Å². The Morgan fingerprint density at radius 2 is 1.74 bits per heavy atom. The van der Waals surface area contributed by atoms with Gasteiger partial charge in [-0.25, -0.2) is 0 Å². The van der Waals surface area contributed by atoms with Crippen molar-refractivity contribution in [3.05, 3.63) is 27.2 Å². The molecular weight excluding hydrogens is 302 g/mol. The number of halogens is 1. The number of rotatable bonds is 1. The Labute approximate surface area is 123 Å². The molecule has 0 unspecified atom stereocenters. The number of nitrogens with two attached hydrogens (primary N) is 1. The molecule has 3 rings (SSSR count). The summed E-state index contributed by atoms with van der Waals surface area (Å²) in [6.45, 7) is 0. The fourth-order valence-corrected chi connectivity index (χ4v) is 4.34. The van der Waals surface area contributed by atoms with Gasteiger partial charge in [-0.2, -0.15) is 0 Å². The van der Waals surface area contributed by atoms with E-state index in [4.69, 9.17) is 5.73 Å². The van der Waals surface area contributed by atoms with Gasteiger partial charge in [0.2, 0.25) is 0 Å². The van der Waals surface area contributed by atoms with E-state index in [9.17, 15) is 5.11 Å². The highest BCUT2D eigenvalue weighted by Crippen LogP contribution is 2.45. The van der Waals surface area contributed by atoms with Crippen LogP contribution in [0.4, 0.5) is 0 Å². The predicted molar refractivity (Wildman–Crippen MR) is 81.4 cm³/mol. The molecule has 2 nitrogen and oxygen atoms in total. The summed E-state index contributed by atoms with van der Waals surface area (Å²) in [5.74, 6) is 0.394. The summed E-state index contributed by atoms with van der Waals surface area (Å²) in [6, 6.07) is 2.20. The molecule has 0 radical (unpaired) electrons. The van der Waals surface area contributed by atoms with Gasteiger partial charge in [-0.05, 0) is 71.6 Å². The number of benzene rings is 1. The second-order valence-corrected chi connectivity index (χ2v) is 6.94. The van der Waals surface area contributed by atoms with Crippen molar-refractivity contribution >= 4 is 15.9 Å². The van der Waals surface area contributed by atoms with Crippen molar-refractivity contribution in [2.24, 2.45) is 5.73 Å². The summed E-state index contributed by atoms with van der Waals surface area (Å²) in [7, 11) is 0. The van der Waals surface area contributed by atoms with Crippen LogP contribution < -0.4 is 5.73 Å². The zero-order chi connectivity index (χ0) is 13.5. The Morgan fingerprint density at radius 1 is 1.05 bits per heavy atom. The quantitative estimate of drug-likeness (QED) is 0.762. The Bertz CT molecular complexity index is 492. The van der Waals surface area contributed by atoms with Crippen LogP contribution in [0.3, 0.4) is 0 Å². The third-order valence-electron chi connectivity index (χ3n) is 4.84. The first kappa shape index (κ1) is 13.4. The van der Waals surface area contributed by atoms with E-state index < -0.39 is 0 Å². The Balaban J connectivity index is 2.11. The van der Waals surface area contributed by atoms with Crippen molar-refractivity contribution in [2.75, 3.05) is 0 Å². The standard InChI is InChI=1S/C16H22BrNO/c17-14-12-7-3-1-2-6-11(12)10-13(15(14)19)16(18)8-4-5-9-16/h10,19H,1-9,18H2.